The van der Waals surface area contributed by atoms with Crippen molar-refractivity contribution in [2.24, 2.45) is 5.41 Å². The minimum Gasteiger partial charge on any atom is -0.523 e. The molecule has 0 unspecified atom stereocenters. The van der Waals surface area contributed by atoms with Gasteiger partial charge in [-0.15, -0.1) is 0 Å². The molecule has 0 aromatic rings. The van der Waals surface area contributed by atoms with Crippen LogP contribution in [0.25, 0.3) is 4.85 Å². The predicted octanol–water partition coefficient (Wildman–Crippen LogP) is 2.31. The number of rotatable bonds is 1. The molecule has 0 aromatic heterocycles. The molecule has 0 aliphatic heterocycles. The molecular weight excluding hydrogens is 154 g/mol. The van der Waals surface area contributed by atoms with Crippen molar-refractivity contribution in [3.63, 3.8) is 0 Å². The van der Waals surface area contributed by atoms with E-state index in [-0.39, 0.29) is 11.5 Å². The van der Waals surface area contributed by atoms with Crippen LogP contribution >= 0.6 is 0 Å². The molecule has 3 heteroatoms. The van der Waals surface area contributed by atoms with Crippen molar-refractivity contribution in [3.8, 4) is 0 Å². The van der Waals surface area contributed by atoms with Gasteiger partial charge in [0.25, 0.3) is 5.70 Å². The second-order valence-corrected chi connectivity index (χ2v) is 3.62. The smallest absolute Gasteiger partial charge is 0.265 e. The van der Waals surface area contributed by atoms with Gasteiger partial charge >= 0.3 is 0 Å². The van der Waals surface area contributed by atoms with Crippen LogP contribution in [0.2, 0.25) is 0 Å². The fourth-order valence-corrected chi connectivity index (χ4v) is 0.654. The first-order valence-corrected chi connectivity index (χ1v) is 3.62. The molecule has 3 nitrogen and oxygen atoms in total. The Morgan fingerprint density at radius 2 is 1.83 bits per heavy atom. The second kappa shape index (κ2) is 3.40. The van der Waals surface area contributed by atoms with Gasteiger partial charge in [0.2, 0.25) is 0 Å². The van der Waals surface area contributed by atoms with Crippen LogP contribution in [0.4, 0.5) is 0 Å². The van der Waals surface area contributed by atoms with Crippen molar-refractivity contribution in [2.45, 2.75) is 27.7 Å². The Labute approximate surface area is 72.5 Å². The number of carbonyl (C=O) groups is 1. The largest absolute Gasteiger partial charge is 0.523 e. The van der Waals surface area contributed by atoms with E-state index in [0.717, 1.165) is 0 Å². The third-order valence-corrected chi connectivity index (χ3v) is 1.38. The molecule has 0 saturated heterocycles. The van der Waals surface area contributed by atoms with E-state index in [1.165, 1.54) is 6.92 Å². The molecule has 0 fully saturated rings. The first kappa shape index (κ1) is 10.7. The second-order valence-electron chi connectivity index (χ2n) is 3.62. The van der Waals surface area contributed by atoms with Gasteiger partial charge in [0.15, 0.2) is 5.78 Å². The Balaban J connectivity index is 5.17. The Bertz CT molecular complexity index is 263. The van der Waals surface area contributed by atoms with Gasteiger partial charge in [0.1, 0.15) is 5.76 Å². The molecule has 0 atom stereocenters. The lowest BCUT2D eigenvalue weighted by Crippen LogP contribution is -2.13. The summed E-state index contributed by atoms with van der Waals surface area (Å²) in [5.74, 6) is -0.526. The monoisotopic (exact) mass is 167 g/mol. The van der Waals surface area contributed by atoms with Gasteiger partial charge in [0.05, 0.1) is 6.57 Å². The fourth-order valence-electron chi connectivity index (χ4n) is 0.654. The normalized spacial score (nSPS) is 13.2. The summed E-state index contributed by atoms with van der Waals surface area (Å²) in [6.45, 7) is 13.2. The molecular formula is C9H13NO2. The van der Waals surface area contributed by atoms with E-state index < -0.39 is 11.2 Å². The highest BCUT2D eigenvalue weighted by molar-refractivity contribution is 5.95. The summed E-state index contributed by atoms with van der Waals surface area (Å²) in [4.78, 5) is 13.8. The Morgan fingerprint density at radius 1 is 1.42 bits per heavy atom. The van der Waals surface area contributed by atoms with Crippen molar-refractivity contribution in [1.29, 1.82) is 0 Å². The number of Topliss-reactive ketones (excluding diaryl/α,β-unsaturated/α-hetero) is 1. The number of allylic oxidation sites excluding steroid dienone is 2. The number of nitrogens with zero attached hydrogens (tertiary/aromatic N) is 1. The van der Waals surface area contributed by atoms with Crippen LogP contribution in [0.5, 0.6) is 0 Å². The van der Waals surface area contributed by atoms with Crippen LogP contribution in [0.1, 0.15) is 27.7 Å². The molecule has 0 aromatic carbocycles. The Hall–Kier alpha value is -1.30. The highest BCUT2D eigenvalue weighted by Gasteiger charge is 2.22. The molecule has 0 spiro atoms. The maximum atomic E-state index is 10.8. The number of aliphatic hydroxyl groups excluding tert-OH is 1. The average Bonchev–Trinajstić information content (AvgIpc) is 1.86. The van der Waals surface area contributed by atoms with E-state index in [4.69, 9.17) is 6.57 Å². The van der Waals surface area contributed by atoms with Crippen LogP contribution < -0.4 is 0 Å². The number of hydrogen-bond donors (Lipinski definition) is 1. The van der Waals surface area contributed by atoms with Gasteiger partial charge in [-0.3, -0.25) is 0 Å². The molecule has 0 radical (unpaired) electrons. The number of carbonyl (C=O) groups excluding carboxylic acids is 1. The zero-order valence-corrected chi connectivity index (χ0v) is 7.80. The van der Waals surface area contributed by atoms with Crippen molar-refractivity contribution >= 4 is 5.78 Å². The molecule has 0 aliphatic rings. The maximum absolute atomic E-state index is 10.8. The van der Waals surface area contributed by atoms with E-state index in [0.29, 0.717) is 0 Å². The number of hydrogen-bond acceptors (Lipinski definition) is 2. The van der Waals surface area contributed by atoms with Crippen LogP contribution in [0, 0.1) is 12.0 Å². The van der Waals surface area contributed by atoms with Gasteiger partial charge < -0.3 is 9.90 Å². The lowest BCUT2D eigenvalue weighted by Gasteiger charge is -2.18. The van der Waals surface area contributed by atoms with Crippen LogP contribution in [0.3, 0.4) is 0 Å². The molecule has 1 N–H and O–H groups in total. The standard InChI is InChI=1S/C9H13NO2/c1-6(11)7(10-5)8(12)9(2,3)4/h12H,1-4H3/b8-7+. The van der Waals surface area contributed by atoms with Crippen molar-refractivity contribution in [3.05, 3.63) is 22.9 Å². The van der Waals surface area contributed by atoms with Crippen LogP contribution in [0.15, 0.2) is 11.5 Å². The predicted molar refractivity (Wildman–Crippen MR) is 46.4 cm³/mol. The molecule has 0 heterocycles. The number of aliphatic hydroxyl groups is 1. The van der Waals surface area contributed by atoms with E-state index in [2.05, 4.69) is 4.85 Å². The first-order chi connectivity index (χ1) is 5.30. The third-order valence-electron chi connectivity index (χ3n) is 1.38. The third kappa shape index (κ3) is 2.39. The summed E-state index contributed by atoms with van der Waals surface area (Å²) in [6, 6.07) is 0. The summed E-state index contributed by atoms with van der Waals surface area (Å²) < 4.78 is 0. The Kier molecular flexibility index (Phi) is 3.03. The Morgan fingerprint density at radius 3 is 1.92 bits per heavy atom. The lowest BCUT2D eigenvalue weighted by molar-refractivity contribution is -0.113. The van der Waals surface area contributed by atoms with Gasteiger partial charge in [0, 0.05) is 5.41 Å². The van der Waals surface area contributed by atoms with Crippen LogP contribution in [-0.2, 0) is 4.79 Å². The summed E-state index contributed by atoms with van der Waals surface area (Å²) in [5, 5.41) is 9.46. The van der Waals surface area contributed by atoms with E-state index >= 15 is 0 Å². The zero-order valence-electron chi connectivity index (χ0n) is 7.80. The number of ketones is 1. The molecule has 0 amide bonds. The topological polar surface area (TPSA) is 41.7 Å². The molecule has 12 heavy (non-hydrogen) atoms. The average molecular weight is 167 g/mol. The molecule has 0 aliphatic carbocycles. The van der Waals surface area contributed by atoms with Gasteiger partial charge in [-0.2, -0.15) is 0 Å². The molecule has 66 valence electrons. The highest BCUT2D eigenvalue weighted by atomic mass is 16.3. The van der Waals surface area contributed by atoms with Crippen molar-refractivity contribution in [2.75, 3.05) is 0 Å². The quantitative estimate of drug-likeness (QED) is 0.370. The minimum atomic E-state index is -0.536. The van der Waals surface area contributed by atoms with Gasteiger partial charge in [-0.25, -0.2) is 4.85 Å². The summed E-state index contributed by atoms with van der Waals surface area (Å²) in [6.07, 6.45) is 0. The highest BCUT2D eigenvalue weighted by Crippen LogP contribution is 2.26. The zero-order chi connectivity index (χ0) is 9.94. The SMILES string of the molecule is [C-]#[N+]/C(C(C)=O)=C(/O)C(C)(C)C. The fraction of sp³-hybridized carbons (Fsp3) is 0.556. The van der Waals surface area contributed by atoms with E-state index in [9.17, 15) is 9.90 Å². The molecule has 0 saturated carbocycles. The minimum absolute atomic E-state index is 0.134. The first-order valence-electron chi connectivity index (χ1n) is 3.62. The van der Waals surface area contributed by atoms with Gasteiger partial charge in [-0.1, -0.05) is 20.8 Å². The molecule has 0 bridgehead atoms. The van der Waals surface area contributed by atoms with Crippen LogP contribution in [-0.4, -0.2) is 10.9 Å². The van der Waals surface area contributed by atoms with Crippen molar-refractivity contribution < 1.29 is 9.90 Å². The summed E-state index contributed by atoms with van der Waals surface area (Å²) in [5.41, 5.74) is -0.701. The van der Waals surface area contributed by atoms with E-state index in [1.807, 2.05) is 0 Å². The lowest BCUT2D eigenvalue weighted by atomic mass is 9.92. The maximum Gasteiger partial charge on any atom is 0.265 e. The molecule has 0 rings (SSSR count). The summed E-state index contributed by atoms with van der Waals surface area (Å²) in [7, 11) is 0. The van der Waals surface area contributed by atoms with Gasteiger partial charge in [-0.05, 0) is 6.92 Å². The van der Waals surface area contributed by atoms with Crippen molar-refractivity contribution in [1.82, 2.24) is 0 Å². The van der Waals surface area contributed by atoms with E-state index in [1.54, 1.807) is 20.8 Å². The summed E-state index contributed by atoms with van der Waals surface area (Å²) >= 11 is 0.